The van der Waals surface area contributed by atoms with Crippen molar-refractivity contribution in [1.29, 1.82) is 5.26 Å². The lowest BCUT2D eigenvalue weighted by molar-refractivity contribution is -0.119. The highest BCUT2D eigenvalue weighted by molar-refractivity contribution is 5.35. The Kier molecular flexibility index (Phi) is 3.32. The molecule has 7 heteroatoms. The van der Waals surface area contributed by atoms with Crippen molar-refractivity contribution in [2.45, 2.75) is 13.1 Å². The first-order valence-corrected chi connectivity index (χ1v) is 4.35. The van der Waals surface area contributed by atoms with Crippen LogP contribution >= 0.6 is 0 Å². The molecule has 0 spiro atoms. The average Bonchev–Trinajstić information content (AvgIpc) is 2.14. The summed E-state index contributed by atoms with van der Waals surface area (Å²) in [6, 6.07) is 3.17. The molecular weight excluding hydrogens is 221 g/mol. The Morgan fingerprint density at radius 1 is 1.44 bits per heavy atom. The van der Waals surface area contributed by atoms with E-state index in [4.69, 9.17) is 5.26 Å². The Morgan fingerprint density at radius 3 is 2.56 bits per heavy atom. The van der Waals surface area contributed by atoms with E-state index in [1.54, 1.807) is 13.0 Å². The molecule has 1 rings (SSSR count). The van der Waals surface area contributed by atoms with Crippen LogP contribution in [0.2, 0.25) is 0 Å². The number of aryl methyl sites for hydroxylation is 1. The van der Waals surface area contributed by atoms with E-state index < -0.39 is 12.7 Å². The SMILES string of the molecule is Cc1cc(C#N)nc(N(C)CC(F)(F)F)n1. The number of aromatic nitrogens is 2. The molecule has 0 atom stereocenters. The number of anilines is 1. The minimum absolute atomic E-state index is 0.0523. The summed E-state index contributed by atoms with van der Waals surface area (Å²) in [5.41, 5.74) is 0.507. The number of halogens is 3. The van der Waals surface area contributed by atoms with Gasteiger partial charge in [0.1, 0.15) is 18.3 Å². The molecule has 0 aliphatic rings. The predicted molar refractivity (Wildman–Crippen MR) is 50.8 cm³/mol. The summed E-state index contributed by atoms with van der Waals surface area (Å²) < 4.78 is 36.3. The standard InChI is InChI=1S/C9H9F3N4/c1-6-3-7(4-13)15-8(14-6)16(2)5-9(10,11)12/h3H,5H2,1-2H3. The summed E-state index contributed by atoms with van der Waals surface area (Å²) in [5.74, 6) is -0.103. The fraction of sp³-hybridized carbons (Fsp3) is 0.444. The number of alkyl halides is 3. The van der Waals surface area contributed by atoms with Gasteiger partial charge in [-0.1, -0.05) is 0 Å². The molecule has 1 heterocycles. The summed E-state index contributed by atoms with van der Waals surface area (Å²) in [4.78, 5) is 8.37. The Labute approximate surface area is 90.3 Å². The summed E-state index contributed by atoms with van der Waals surface area (Å²) in [5, 5.41) is 8.62. The van der Waals surface area contributed by atoms with E-state index in [9.17, 15) is 13.2 Å². The molecular formula is C9H9F3N4. The summed E-state index contributed by atoms with van der Waals surface area (Å²) in [7, 11) is 1.23. The second-order valence-corrected chi connectivity index (χ2v) is 3.28. The van der Waals surface area contributed by atoms with Crippen molar-refractivity contribution in [3.8, 4) is 6.07 Å². The smallest absolute Gasteiger partial charge is 0.335 e. The average molecular weight is 230 g/mol. The van der Waals surface area contributed by atoms with Gasteiger partial charge >= 0.3 is 6.18 Å². The van der Waals surface area contributed by atoms with E-state index in [0.29, 0.717) is 5.69 Å². The maximum absolute atomic E-state index is 12.1. The van der Waals surface area contributed by atoms with Crippen LogP contribution in [-0.2, 0) is 0 Å². The van der Waals surface area contributed by atoms with Crippen LogP contribution in [0.3, 0.4) is 0 Å². The highest BCUT2D eigenvalue weighted by Gasteiger charge is 2.30. The van der Waals surface area contributed by atoms with Crippen molar-refractivity contribution in [2.24, 2.45) is 0 Å². The van der Waals surface area contributed by atoms with Crippen molar-refractivity contribution < 1.29 is 13.2 Å². The van der Waals surface area contributed by atoms with Gasteiger partial charge in [-0.25, -0.2) is 9.97 Å². The minimum atomic E-state index is -4.32. The Bertz CT molecular complexity index is 422. The van der Waals surface area contributed by atoms with Gasteiger partial charge in [-0.05, 0) is 13.0 Å². The molecule has 0 aliphatic heterocycles. The van der Waals surface area contributed by atoms with Gasteiger partial charge in [0.25, 0.3) is 0 Å². The van der Waals surface area contributed by atoms with Gasteiger partial charge in [-0.15, -0.1) is 0 Å². The lowest BCUT2D eigenvalue weighted by Crippen LogP contribution is -2.32. The third kappa shape index (κ3) is 3.38. The largest absolute Gasteiger partial charge is 0.406 e. The Hall–Kier alpha value is -1.84. The molecule has 0 bridgehead atoms. The lowest BCUT2D eigenvalue weighted by Gasteiger charge is -2.18. The molecule has 16 heavy (non-hydrogen) atoms. The monoisotopic (exact) mass is 230 g/mol. The second-order valence-electron chi connectivity index (χ2n) is 3.28. The summed E-state index contributed by atoms with van der Waals surface area (Å²) >= 11 is 0. The van der Waals surface area contributed by atoms with Gasteiger partial charge in [0.15, 0.2) is 0 Å². The van der Waals surface area contributed by atoms with Crippen LogP contribution in [-0.4, -0.2) is 29.7 Å². The van der Waals surface area contributed by atoms with E-state index in [0.717, 1.165) is 4.90 Å². The summed E-state index contributed by atoms with van der Waals surface area (Å²) in [6.07, 6.45) is -4.32. The number of nitrogens with zero attached hydrogens (tertiary/aromatic N) is 4. The molecule has 0 unspecified atom stereocenters. The van der Waals surface area contributed by atoms with Crippen molar-refractivity contribution in [3.63, 3.8) is 0 Å². The molecule has 0 N–H and O–H groups in total. The quantitative estimate of drug-likeness (QED) is 0.775. The maximum Gasteiger partial charge on any atom is 0.406 e. The van der Waals surface area contributed by atoms with Crippen LogP contribution in [0.15, 0.2) is 6.07 Å². The van der Waals surface area contributed by atoms with E-state index in [1.165, 1.54) is 13.1 Å². The van der Waals surface area contributed by atoms with Crippen LogP contribution in [0.1, 0.15) is 11.4 Å². The van der Waals surface area contributed by atoms with E-state index in [-0.39, 0.29) is 11.6 Å². The van der Waals surface area contributed by atoms with Crippen LogP contribution in [0.4, 0.5) is 19.1 Å². The fourth-order valence-electron chi connectivity index (χ4n) is 1.12. The van der Waals surface area contributed by atoms with Crippen molar-refractivity contribution >= 4 is 5.95 Å². The molecule has 4 nitrogen and oxygen atoms in total. The molecule has 0 saturated heterocycles. The van der Waals surface area contributed by atoms with Gasteiger partial charge in [-0.2, -0.15) is 18.4 Å². The van der Waals surface area contributed by atoms with Gasteiger partial charge in [0, 0.05) is 12.7 Å². The van der Waals surface area contributed by atoms with Gasteiger partial charge in [0.05, 0.1) is 0 Å². The number of hydrogen-bond acceptors (Lipinski definition) is 4. The highest BCUT2D eigenvalue weighted by Crippen LogP contribution is 2.18. The number of rotatable bonds is 2. The fourth-order valence-corrected chi connectivity index (χ4v) is 1.12. The zero-order valence-electron chi connectivity index (χ0n) is 8.71. The van der Waals surface area contributed by atoms with Crippen molar-refractivity contribution in [2.75, 3.05) is 18.5 Å². The molecule has 0 radical (unpaired) electrons. The Morgan fingerprint density at radius 2 is 2.06 bits per heavy atom. The van der Waals surface area contributed by atoms with Crippen molar-refractivity contribution in [1.82, 2.24) is 9.97 Å². The first kappa shape index (κ1) is 12.2. The lowest BCUT2D eigenvalue weighted by atomic mass is 10.3. The van der Waals surface area contributed by atoms with E-state index in [2.05, 4.69) is 9.97 Å². The molecule has 1 aromatic heterocycles. The number of nitriles is 1. The first-order valence-electron chi connectivity index (χ1n) is 4.35. The third-order valence-corrected chi connectivity index (χ3v) is 1.71. The maximum atomic E-state index is 12.1. The normalized spacial score (nSPS) is 11.0. The summed E-state index contributed by atoms with van der Waals surface area (Å²) in [6.45, 7) is 0.439. The second kappa shape index (κ2) is 4.35. The Balaban J connectivity index is 2.96. The zero-order chi connectivity index (χ0) is 12.3. The minimum Gasteiger partial charge on any atom is -0.335 e. The zero-order valence-corrected chi connectivity index (χ0v) is 8.71. The van der Waals surface area contributed by atoms with Gasteiger partial charge in [-0.3, -0.25) is 0 Å². The number of hydrogen-bond donors (Lipinski definition) is 0. The first-order chi connectivity index (χ1) is 7.31. The topological polar surface area (TPSA) is 52.8 Å². The molecule has 0 saturated carbocycles. The highest BCUT2D eigenvalue weighted by atomic mass is 19.4. The van der Waals surface area contributed by atoms with Crippen LogP contribution in [0.5, 0.6) is 0 Å². The van der Waals surface area contributed by atoms with Crippen LogP contribution < -0.4 is 4.90 Å². The van der Waals surface area contributed by atoms with Crippen LogP contribution in [0, 0.1) is 18.3 Å². The molecule has 86 valence electrons. The van der Waals surface area contributed by atoms with E-state index in [1.807, 2.05) is 0 Å². The molecule has 0 aliphatic carbocycles. The molecule has 0 fully saturated rings. The van der Waals surface area contributed by atoms with E-state index >= 15 is 0 Å². The van der Waals surface area contributed by atoms with Gasteiger partial charge < -0.3 is 4.90 Å². The molecule has 0 aromatic carbocycles. The van der Waals surface area contributed by atoms with Crippen LogP contribution in [0.25, 0.3) is 0 Å². The third-order valence-electron chi connectivity index (χ3n) is 1.71. The van der Waals surface area contributed by atoms with Crippen molar-refractivity contribution in [3.05, 3.63) is 17.5 Å². The molecule has 1 aromatic rings. The van der Waals surface area contributed by atoms with Gasteiger partial charge in [0.2, 0.25) is 5.95 Å². The molecule has 0 amide bonds. The predicted octanol–water partition coefficient (Wildman–Crippen LogP) is 1.66.